The van der Waals surface area contributed by atoms with Crippen LogP contribution < -0.4 is 5.32 Å². The van der Waals surface area contributed by atoms with E-state index < -0.39 is 5.97 Å². The third kappa shape index (κ3) is 3.95. The molecule has 2 fully saturated rings. The van der Waals surface area contributed by atoms with Crippen molar-refractivity contribution in [2.75, 3.05) is 13.6 Å². The molecule has 1 saturated heterocycles. The van der Waals surface area contributed by atoms with Gasteiger partial charge >= 0.3 is 5.97 Å². The van der Waals surface area contributed by atoms with E-state index in [9.17, 15) is 9.59 Å². The maximum atomic E-state index is 12.4. The van der Waals surface area contributed by atoms with Crippen LogP contribution in [0.1, 0.15) is 51.4 Å². The molecule has 0 spiro atoms. The number of carboxylic acids is 1. The van der Waals surface area contributed by atoms with Crippen LogP contribution in [0.4, 0.5) is 0 Å². The fourth-order valence-electron chi connectivity index (χ4n) is 3.53. The average Bonchev–Trinajstić information content (AvgIpc) is 2.45. The van der Waals surface area contributed by atoms with Gasteiger partial charge in [0.05, 0.1) is 6.04 Å². The lowest BCUT2D eigenvalue weighted by atomic mass is 9.77. The monoisotopic (exact) mass is 282 g/mol. The first-order valence-electron chi connectivity index (χ1n) is 7.80. The van der Waals surface area contributed by atoms with Crippen molar-refractivity contribution < 1.29 is 14.7 Å². The van der Waals surface area contributed by atoms with Crippen molar-refractivity contribution in [2.45, 2.75) is 63.5 Å². The SMILES string of the molecule is CN(CCCC(=O)O)C(=O)C1CCC2CCCCC2N1. The molecule has 1 heterocycles. The Kier molecular flexibility index (Phi) is 5.40. The molecular formula is C15H26N2O3. The zero-order valence-electron chi connectivity index (χ0n) is 12.3. The Labute approximate surface area is 120 Å². The fourth-order valence-corrected chi connectivity index (χ4v) is 3.53. The van der Waals surface area contributed by atoms with Gasteiger partial charge in [-0.2, -0.15) is 0 Å². The van der Waals surface area contributed by atoms with Crippen molar-refractivity contribution in [1.29, 1.82) is 0 Å². The van der Waals surface area contributed by atoms with Crippen molar-refractivity contribution in [3.8, 4) is 0 Å². The van der Waals surface area contributed by atoms with Crippen LogP contribution >= 0.6 is 0 Å². The molecule has 2 N–H and O–H groups in total. The van der Waals surface area contributed by atoms with E-state index in [1.165, 1.54) is 25.7 Å². The van der Waals surface area contributed by atoms with Crippen LogP contribution in [-0.2, 0) is 9.59 Å². The molecule has 5 heteroatoms. The van der Waals surface area contributed by atoms with E-state index in [2.05, 4.69) is 5.32 Å². The molecule has 20 heavy (non-hydrogen) atoms. The van der Waals surface area contributed by atoms with Gasteiger partial charge in [-0.15, -0.1) is 0 Å². The summed E-state index contributed by atoms with van der Waals surface area (Å²) in [5.41, 5.74) is 0. The number of carbonyl (C=O) groups is 2. The van der Waals surface area contributed by atoms with E-state index in [0.29, 0.717) is 19.0 Å². The normalized spacial score (nSPS) is 29.6. The summed E-state index contributed by atoms with van der Waals surface area (Å²) in [6.07, 6.45) is 7.81. The first-order chi connectivity index (χ1) is 9.58. The number of carbonyl (C=O) groups excluding carboxylic acids is 1. The molecule has 1 amide bonds. The summed E-state index contributed by atoms with van der Waals surface area (Å²) in [7, 11) is 1.78. The molecule has 5 nitrogen and oxygen atoms in total. The van der Waals surface area contributed by atoms with Gasteiger partial charge in [-0.1, -0.05) is 12.8 Å². The minimum atomic E-state index is -0.799. The molecule has 0 aromatic carbocycles. The van der Waals surface area contributed by atoms with Gasteiger partial charge in [-0.25, -0.2) is 0 Å². The number of hydrogen-bond donors (Lipinski definition) is 2. The Balaban J connectivity index is 1.78. The number of fused-ring (bicyclic) bond motifs is 1. The van der Waals surface area contributed by atoms with Gasteiger partial charge in [-0.3, -0.25) is 9.59 Å². The molecule has 114 valence electrons. The summed E-state index contributed by atoms with van der Waals surface area (Å²) in [4.78, 5) is 24.5. The number of nitrogens with zero attached hydrogens (tertiary/aromatic N) is 1. The molecule has 0 radical (unpaired) electrons. The van der Waals surface area contributed by atoms with Crippen molar-refractivity contribution in [2.24, 2.45) is 5.92 Å². The highest BCUT2D eigenvalue weighted by molar-refractivity contribution is 5.81. The standard InChI is InChI=1S/C15H26N2O3/c1-17(10-4-7-14(18)19)15(20)13-9-8-11-5-2-3-6-12(11)16-13/h11-13,16H,2-10H2,1H3,(H,18,19). The van der Waals surface area contributed by atoms with Gasteiger partial charge in [-0.05, 0) is 38.0 Å². The molecule has 0 aromatic rings. The Morgan fingerprint density at radius 1 is 1.20 bits per heavy atom. The minimum absolute atomic E-state index is 0.0656. The Bertz CT molecular complexity index is 359. The summed E-state index contributed by atoms with van der Waals surface area (Å²) in [5.74, 6) is 0.0798. The number of nitrogens with one attached hydrogen (secondary N) is 1. The quantitative estimate of drug-likeness (QED) is 0.804. The molecule has 3 atom stereocenters. The first-order valence-corrected chi connectivity index (χ1v) is 7.80. The van der Waals surface area contributed by atoms with E-state index in [1.54, 1.807) is 11.9 Å². The van der Waals surface area contributed by atoms with E-state index in [4.69, 9.17) is 5.11 Å². The molecule has 1 saturated carbocycles. The maximum Gasteiger partial charge on any atom is 0.303 e. The molecule has 3 unspecified atom stereocenters. The number of hydrogen-bond acceptors (Lipinski definition) is 3. The molecule has 0 aromatic heterocycles. The van der Waals surface area contributed by atoms with Gasteiger partial charge in [0, 0.05) is 26.1 Å². The third-order valence-electron chi connectivity index (χ3n) is 4.71. The van der Waals surface area contributed by atoms with Crippen LogP contribution in [0.3, 0.4) is 0 Å². The number of likely N-dealkylation sites (N-methyl/N-ethyl adjacent to an activating group) is 1. The zero-order valence-corrected chi connectivity index (χ0v) is 12.3. The largest absolute Gasteiger partial charge is 0.481 e. The van der Waals surface area contributed by atoms with Crippen LogP contribution in [0.25, 0.3) is 0 Å². The van der Waals surface area contributed by atoms with Gasteiger partial charge in [0.15, 0.2) is 0 Å². The maximum absolute atomic E-state index is 12.4. The Hall–Kier alpha value is -1.10. The summed E-state index contributed by atoms with van der Waals surface area (Å²) in [6.45, 7) is 0.525. The number of amides is 1. The first kappa shape index (κ1) is 15.3. The summed E-state index contributed by atoms with van der Waals surface area (Å²) in [5, 5.41) is 12.2. The Morgan fingerprint density at radius 2 is 1.95 bits per heavy atom. The van der Waals surface area contributed by atoms with Crippen LogP contribution in [0.5, 0.6) is 0 Å². The predicted molar refractivity (Wildman–Crippen MR) is 76.4 cm³/mol. The highest BCUT2D eigenvalue weighted by atomic mass is 16.4. The van der Waals surface area contributed by atoms with E-state index in [0.717, 1.165) is 18.8 Å². The molecule has 0 bridgehead atoms. The summed E-state index contributed by atoms with van der Waals surface area (Å²) < 4.78 is 0. The van der Waals surface area contributed by atoms with Gasteiger partial charge < -0.3 is 15.3 Å². The topological polar surface area (TPSA) is 69.6 Å². The second kappa shape index (κ2) is 7.07. The van der Waals surface area contributed by atoms with E-state index in [-0.39, 0.29) is 18.4 Å². The smallest absolute Gasteiger partial charge is 0.303 e. The van der Waals surface area contributed by atoms with Crippen molar-refractivity contribution in [1.82, 2.24) is 10.2 Å². The van der Waals surface area contributed by atoms with Crippen molar-refractivity contribution in [3.63, 3.8) is 0 Å². The van der Waals surface area contributed by atoms with Gasteiger partial charge in [0.25, 0.3) is 0 Å². The number of piperidine rings is 1. The van der Waals surface area contributed by atoms with E-state index in [1.807, 2.05) is 0 Å². The van der Waals surface area contributed by atoms with Crippen LogP contribution in [0.2, 0.25) is 0 Å². The second-order valence-electron chi connectivity index (χ2n) is 6.20. The number of carboxylic acid groups (broad SMARTS) is 1. The van der Waals surface area contributed by atoms with Gasteiger partial charge in [0.1, 0.15) is 0 Å². The van der Waals surface area contributed by atoms with Gasteiger partial charge in [0.2, 0.25) is 5.91 Å². The number of aliphatic carboxylic acids is 1. The Morgan fingerprint density at radius 3 is 2.70 bits per heavy atom. The highest BCUT2D eigenvalue weighted by Crippen LogP contribution is 2.32. The van der Waals surface area contributed by atoms with E-state index >= 15 is 0 Å². The van der Waals surface area contributed by atoms with Crippen LogP contribution in [0.15, 0.2) is 0 Å². The van der Waals surface area contributed by atoms with Crippen molar-refractivity contribution >= 4 is 11.9 Å². The minimum Gasteiger partial charge on any atom is -0.481 e. The molecule has 2 rings (SSSR count). The summed E-state index contributed by atoms with van der Waals surface area (Å²) in [6, 6.07) is 0.447. The molecule has 2 aliphatic rings. The lowest BCUT2D eigenvalue weighted by Crippen LogP contribution is -2.55. The van der Waals surface area contributed by atoms with Crippen LogP contribution in [0, 0.1) is 5.92 Å². The third-order valence-corrected chi connectivity index (χ3v) is 4.71. The van der Waals surface area contributed by atoms with Crippen molar-refractivity contribution in [3.05, 3.63) is 0 Å². The second-order valence-corrected chi connectivity index (χ2v) is 6.20. The number of rotatable bonds is 5. The lowest BCUT2D eigenvalue weighted by Gasteiger charge is -2.40. The predicted octanol–water partition coefficient (Wildman–Crippen LogP) is 1.62. The molecule has 1 aliphatic heterocycles. The molecular weight excluding hydrogens is 256 g/mol. The average molecular weight is 282 g/mol. The highest BCUT2D eigenvalue weighted by Gasteiger charge is 2.35. The fraction of sp³-hybridized carbons (Fsp3) is 0.867. The van der Waals surface area contributed by atoms with Crippen LogP contribution in [-0.4, -0.2) is 47.6 Å². The zero-order chi connectivity index (χ0) is 14.5. The lowest BCUT2D eigenvalue weighted by molar-refractivity contribution is -0.138. The molecule has 1 aliphatic carbocycles. The summed E-state index contributed by atoms with van der Waals surface area (Å²) >= 11 is 0.